The molecule has 2 aromatic carbocycles. The van der Waals surface area contributed by atoms with Crippen molar-refractivity contribution in [2.45, 2.75) is 44.2 Å². The lowest BCUT2D eigenvalue weighted by molar-refractivity contribution is 0.287. The van der Waals surface area contributed by atoms with E-state index in [1.165, 1.54) is 16.4 Å². The van der Waals surface area contributed by atoms with E-state index in [4.69, 9.17) is 26.6 Å². The van der Waals surface area contributed by atoms with Crippen LogP contribution in [0.3, 0.4) is 0 Å². The molecular weight excluding hydrogens is 446 g/mol. The van der Waals surface area contributed by atoms with Gasteiger partial charge in [-0.05, 0) is 42.2 Å². The van der Waals surface area contributed by atoms with Gasteiger partial charge in [0.25, 0.3) is 0 Å². The molecule has 4 rings (SSSR count). The van der Waals surface area contributed by atoms with Gasteiger partial charge < -0.3 is 15.0 Å². The highest BCUT2D eigenvalue weighted by atomic mass is 35.5. The van der Waals surface area contributed by atoms with Crippen molar-refractivity contribution < 1.29 is 9.15 Å². The van der Waals surface area contributed by atoms with Crippen molar-refractivity contribution in [2.24, 2.45) is 0 Å². The molecule has 0 amide bonds. The van der Waals surface area contributed by atoms with Crippen LogP contribution in [-0.4, -0.2) is 19.9 Å². The first-order valence-corrected chi connectivity index (χ1v) is 11.5. The molecule has 0 aliphatic rings. The summed E-state index contributed by atoms with van der Waals surface area (Å²) < 4.78 is 13.1. The zero-order valence-corrected chi connectivity index (χ0v) is 19.7. The second kappa shape index (κ2) is 9.67. The van der Waals surface area contributed by atoms with Gasteiger partial charge in [0, 0.05) is 5.75 Å². The van der Waals surface area contributed by atoms with Gasteiger partial charge in [0.05, 0.1) is 16.3 Å². The minimum Gasteiger partial charge on any atom is -0.485 e. The summed E-state index contributed by atoms with van der Waals surface area (Å²) in [4.78, 5) is 4.51. The van der Waals surface area contributed by atoms with E-state index in [9.17, 15) is 0 Å². The number of rotatable bonds is 8. The molecule has 0 bridgehead atoms. The first-order chi connectivity index (χ1) is 15.4. The van der Waals surface area contributed by atoms with Gasteiger partial charge in [-0.25, -0.2) is 9.66 Å². The van der Waals surface area contributed by atoms with E-state index in [2.05, 4.69) is 41.2 Å². The molecule has 7 nitrogen and oxygen atoms in total. The molecule has 166 valence electrons. The Bertz CT molecular complexity index is 1220. The van der Waals surface area contributed by atoms with E-state index in [1.807, 2.05) is 31.2 Å². The minimum atomic E-state index is 0.230. The monoisotopic (exact) mass is 469 g/mol. The molecule has 0 radical (unpaired) electrons. The highest BCUT2D eigenvalue weighted by Crippen LogP contribution is 2.30. The second-order valence-corrected chi connectivity index (χ2v) is 9.02. The van der Waals surface area contributed by atoms with Crippen LogP contribution in [0.4, 0.5) is 0 Å². The predicted molar refractivity (Wildman–Crippen MR) is 126 cm³/mol. The fourth-order valence-corrected chi connectivity index (χ4v) is 4.13. The fraction of sp³-hybridized carbons (Fsp3) is 0.261. The van der Waals surface area contributed by atoms with Crippen LogP contribution in [0.15, 0.2) is 58.3 Å². The van der Waals surface area contributed by atoms with Gasteiger partial charge >= 0.3 is 0 Å². The molecule has 0 fully saturated rings. The van der Waals surface area contributed by atoms with Crippen LogP contribution in [0.25, 0.3) is 11.5 Å². The molecule has 32 heavy (non-hydrogen) atoms. The maximum Gasteiger partial charge on any atom is 0.227 e. The van der Waals surface area contributed by atoms with E-state index in [0.717, 1.165) is 28.1 Å². The van der Waals surface area contributed by atoms with Crippen molar-refractivity contribution in [3.63, 3.8) is 0 Å². The number of nitrogen functional groups attached to an aromatic ring is 1. The van der Waals surface area contributed by atoms with Gasteiger partial charge in [0.1, 0.15) is 18.6 Å². The molecule has 0 saturated heterocycles. The lowest BCUT2D eigenvalue weighted by Crippen LogP contribution is -2.16. The number of benzene rings is 2. The quantitative estimate of drug-likeness (QED) is 0.265. The van der Waals surface area contributed by atoms with Gasteiger partial charge in [0.15, 0.2) is 5.82 Å². The number of oxazole rings is 1. The highest BCUT2D eigenvalue weighted by Gasteiger charge is 2.15. The van der Waals surface area contributed by atoms with Crippen molar-refractivity contribution >= 4 is 23.4 Å². The minimum absolute atomic E-state index is 0.230. The summed E-state index contributed by atoms with van der Waals surface area (Å²) in [5.41, 5.74) is 3.79. The van der Waals surface area contributed by atoms with Crippen molar-refractivity contribution in [2.75, 3.05) is 5.84 Å². The van der Waals surface area contributed by atoms with Crippen LogP contribution in [0.5, 0.6) is 5.75 Å². The Morgan fingerprint density at radius 2 is 2.00 bits per heavy atom. The lowest BCUT2D eigenvalue weighted by Gasteiger charge is -2.14. The number of thioether (sulfide) groups is 1. The molecule has 2 aromatic heterocycles. The second-order valence-electron chi connectivity index (χ2n) is 7.67. The number of halogens is 1. The summed E-state index contributed by atoms with van der Waals surface area (Å²) in [6.45, 7) is 6.55. The number of aromatic nitrogens is 4. The maximum absolute atomic E-state index is 6.22. The summed E-state index contributed by atoms with van der Waals surface area (Å²) in [7, 11) is 0. The third-order valence-corrected chi connectivity index (χ3v) is 6.19. The zero-order chi connectivity index (χ0) is 22.7. The molecule has 2 heterocycles. The van der Waals surface area contributed by atoms with E-state index < -0.39 is 0 Å². The molecule has 9 heteroatoms. The van der Waals surface area contributed by atoms with E-state index in [1.54, 1.807) is 12.3 Å². The summed E-state index contributed by atoms with van der Waals surface area (Å²) in [5.74, 6) is 8.95. The van der Waals surface area contributed by atoms with Crippen LogP contribution in [-0.2, 0) is 12.4 Å². The molecular formula is C23H24ClN5O2S. The van der Waals surface area contributed by atoms with Crippen LogP contribution in [0, 0.1) is 6.92 Å². The summed E-state index contributed by atoms with van der Waals surface area (Å²) in [6.07, 6.45) is 1.61. The summed E-state index contributed by atoms with van der Waals surface area (Å²) in [6, 6.07) is 13.6. The molecule has 0 spiro atoms. The Morgan fingerprint density at radius 3 is 2.78 bits per heavy atom. The Labute approximate surface area is 195 Å². The van der Waals surface area contributed by atoms with Gasteiger partial charge in [-0.2, -0.15) is 0 Å². The number of aryl methyl sites for hydroxylation is 1. The zero-order valence-electron chi connectivity index (χ0n) is 18.1. The third kappa shape index (κ3) is 4.92. The molecule has 0 aliphatic heterocycles. The van der Waals surface area contributed by atoms with Crippen molar-refractivity contribution in [1.82, 2.24) is 19.9 Å². The Kier molecular flexibility index (Phi) is 6.72. The van der Waals surface area contributed by atoms with Gasteiger partial charge in [-0.1, -0.05) is 61.5 Å². The predicted octanol–water partition coefficient (Wildman–Crippen LogP) is 5.60. The highest BCUT2D eigenvalue weighted by molar-refractivity contribution is 7.98. The van der Waals surface area contributed by atoms with E-state index >= 15 is 0 Å². The van der Waals surface area contributed by atoms with Crippen molar-refractivity contribution in [1.29, 1.82) is 0 Å². The van der Waals surface area contributed by atoms with Crippen LogP contribution >= 0.6 is 23.4 Å². The molecule has 0 atom stereocenters. The topological polar surface area (TPSA) is 92.0 Å². The fourth-order valence-electron chi connectivity index (χ4n) is 3.16. The molecule has 0 saturated carbocycles. The first kappa shape index (κ1) is 22.2. The van der Waals surface area contributed by atoms with E-state index in [-0.39, 0.29) is 6.61 Å². The largest absolute Gasteiger partial charge is 0.485 e. The van der Waals surface area contributed by atoms with Gasteiger partial charge in [-0.3, -0.25) is 0 Å². The smallest absolute Gasteiger partial charge is 0.227 e. The van der Waals surface area contributed by atoms with E-state index in [0.29, 0.717) is 33.6 Å². The van der Waals surface area contributed by atoms with Crippen LogP contribution in [0.2, 0.25) is 5.02 Å². The van der Waals surface area contributed by atoms with Crippen molar-refractivity contribution in [3.8, 4) is 17.2 Å². The number of nitrogens with two attached hydrogens (primary N) is 1. The third-order valence-electron chi connectivity index (χ3n) is 4.89. The number of hydrogen-bond donors (Lipinski definition) is 1. The first-order valence-electron chi connectivity index (χ1n) is 10.2. The molecule has 0 unspecified atom stereocenters. The maximum atomic E-state index is 6.22. The number of nitrogens with zero attached hydrogens (tertiary/aromatic N) is 4. The number of hydrogen-bond acceptors (Lipinski definition) is 7. The molecule has 2 N–H and O–H groups in total. The normalized spacial score (nSPS) is 11.3. The van der Waals surface area contributed by atoms with Crippen LogP contribution < -0.4 is 10.6 Å². The lowest BCUT2D eigenvalue weighted by atomic mass is 10.0. The van der Waals surface area contributed by atoms with Gasteiger partial charge in [-0.15, -0.1) is 10.2 Å². The molecule has 0 aliphatic carbocycles. The summed E-state index contributed by atoms with van der Waals surface area (Å²) in [5, 5.41) is 9.53. The Balaban J connectivity index is 1.40. The standard InChI is InChI=1S/C23H24ClN5O2S/c1-14(2)17-9-8-15(3)10-20(17)30-12-21-27-28-23(29(21)25)32-13-16-11-31-22(26-16)18-6-4-5-7-19(18)24/h4-11,14H,12-13,25H2,1-3H3. The Hall–Kier alpha value is -2.97. The van der Waals surface area contributed by atoms with Crippen molar-refractivity contribution in [3.05, 3.63) is 76.4 Å². The summed E-state index contributed by atoms with van der Waals surface area (Å²) >= 11 is 7.64. The average molecular weight is 470 g/mol. The number of ether oxygens (including phenoxy) is 1. The van der Waals surface area contributed by atoms with Gasteiger partial charge in [0.2, 0.25) is 11.0 Å². The SMILES string of the molecule is Cc1ccc(C(C)C)c(OCc2nnc(SCc3coc(-c4ccccc4Cl)n3)n2N)c1. The Morgan fingerprint density at radius 1 is 1.19 bits per heavy atom. The average Bonchev–Trinajstić information content (AvgIpc) is 3.37. The molecule has 4 aromatic rings. The van der Waals surface area contributed by atoms with Crippen LogP contribution in [0.1, 0.15) is 42.4 Å².